The van der Waals surface area contributed by atoms with Crippen molar-refractivity contribution in [1.29, 1.82) is 0 Å². The number of furan rings is 1. The molecular weight excluding hydrogens is 232 g/mol. The second-order valence-corrected chi connectivity index (χ2v) is 5.02. The normalized spacial score (nSPS) is 30.8. The first kappa shape index (κ1) is 10.3. The second kappa shape index (κ2) is 3.95. The Morgan fingerprint density at radius 3 is 3.06 bits per heavy atom. The quantitative estimate of drug-likeness (QED) is 0.832. The molecule has 0 radical (unpaired) electrons. The molecule has 0 unspecified atom stereocenters. The summed E-state index contributed by atoms with van der Waals surface area (Å²) in [6.45, 7) is 1.51. The SMILES string of the molecule is c1coc([C@@H]2C[C@H]2c2nc([C@@H]3CCOC3)no2)c1. The maximum atomic E-state index is 5.41. The molecular formula is C13H14N2O3. The van der Waals surface area contributed by atoms with Gasteiger partial charge in [0.2, 0.25) is 5.89 Å². The predicted octanol–water partition coefficient (Wildman–Crippen LogP) is 2.44. The monoisotopic (exact) mass is 246 g/mol. The lowest BCUT2D eigenvalue weighted by atomic mass is 10.1. The van der Waals surface area contributed by atoms with Crippen LogP contribution in [0.25, 0.3) is 0 Å². The van der Waals surface area contributed by atoms with E-state index in [2.05, 4.69) is 10.1 Å². The third-order valence-corrected chi connectivity index (χ3v) is 3.77. The van der Waals surface area contributed by atoms with Crippen molar-refractivity contribution in [2.24, 2.45) is 0 Å². The van der Waals surface area contributed by atoms with Gasteiger partial charge in [0.15, 0.2) is 5.82 Å². The highest BCUT2D eigenvalue weighted by molar-refractivity contribution is 5.23. The second-order valence-electron chi connectivity index (χ2n) is 5.02. The summed E-state index contributed by atoms with van der Waals surface area (Å²) in [6, 6.07) is 3.92. The van der Waals surface area contributed by atoms with Crippen LogP contribution in [-0.2, 0) is 4.74 Å². The van der Waals surface area contributed by atoms with Gasteiger partial charge in [0, 0.05) is 24.4 Å². The summed E-state index contributed by atoms with van der Waals surface area (Å²) < 4.78 is 16.1. The molecule has 0 bridgehead atoms. The van der Waals surface area contributed by atoms with Crippen molar-refractivity contribution in [1.82, 2.24) is 10.1 Å². The maximum Gasteiger partial charge on any atom is 0.230 e. The van der Waals surface area contributed by atoms with E-state index in [4.69, 9.17) is 13.7 Å². The lowest BCUT2D eigenvalue weighted by Crippen LogP contribution is -1.99. The van der Waals surface area contributed by atoms with Crippen LogP contribution in [0.5, 0.6) is 0 Å². The molecule has 5 heteroatoms. The van der Waals surface area contributed by atoms with Gasteiger partial charge in [-0.15, -0.1) is 0 Å². The molecule has 0 spiro atoms. The van der Waals surface area contributed by atoms with Crippen LogP contribution in [0.3, 0.4) is 0 Å². The number of rotatable bonds is 3. The van der Waals surface area contributed by atoms with Crippen molar-refractivity contribution in [3.8, 4) is 0 Å². The minimum absolute atomic E-state index is 0.309. The first-order valence-electron chi connectivity index (χ1n) is 6.36. The molecule has 1 aliphatic carbocycles. The predicted molar refractivity (Wildman–Crippen MR) is 61.3 cm³/mol. The Morgan fingerprint density at radius 2 is 2.28 bits per heavy atom. The van der Waals surface area contributed by atoms with E-state index < -0.39 is 0 Å². The molecule has 3 atom stereocenters. The van der Waals surface area contributed by atoms with Crippen LogP contribution in [0.15, 0.2) is 27.3 Å². The first-order chi connectivity index (χ1) is 8.92. The van der Waals surface area contributed by atoms with Gasteiger partial charge in [-0.1, -0.05) is 5.16 Å². The van der Waals surface area contributed by atoms with Gasteiger partial charge in [-0.05, 0) is 25.0 Å². The van der Waals surface area contributed by atoms with Crippen LogP contribution in [-0.4, -0.2) is 23.4 Å². The van der Waals surface area contributed by atoms with Crippen LogP contribution >= 0.6 is 0 Å². The summed E-state index contributed by atoms with van der Waals surface area (Å²) >= 11 is 0. The summed E-state index contributed by atoms with van der Waals surface area (Å²) in [5.41, 5.74) is 0. The molecule has 1 saturated carbocycles. The standard InChI is InChI=1S/C13H14N2O3/c1-2-11(17-4-1)9-6-10(9)13-14-12(15-18-13)8-3-5-16-7-8/h1-2,4,8-10H,3,5-7H2/t8-,9-,10-/m1/s1. The van der Waals surface area contributed by atoms with Crippen molar-refractivity contribution < 1.29 is 13.7 Å². The molecule has 5 nitrogen and oxygen atoms in total. The van der Waals surface area contributed by atoms with E-state index in [1.165, 1.54) is 0 Å². The molecule has 2 aromatic heterocycles. The fourth-order valence-electron chi connectivity index (χ4n) is 2.59. The van der Waals surface area contributed by atoms with Crippen molar-refractivity contribution in [3.63, 3.8) is 0 Å². The average molecular weight is 246 g/mol. The van der Waals surface area contributed by atoms with Gasteiger partial charge < -0.3 is 13.7 Å². The fourth-order valence-corrected chi connectivity index (χ4v) is 2.59. The molecule has 2 fully saturated rings. The van der Waals surface area contributed by atoms with E-state index >= 15 is 0 Å². The minimum Gasteiger partial charge on any atom is -0.469 e. The fraction of sp³-hybridized carbons (Fsp3) is 0.538. The molecule has 1 saturated heterocycles. The van der Waals surface area contributed by atoms with Gasteiger partial charge >= 0.3 is 0 Å². The van der Waals surface area contributed by atoms with Gasteiger partial charge in [0.1, 0.15) is 5.76 Å². The van der Waals surface area contributed by atoms with Gasteiger partial charge in [-0.2, -0.15) is 4.98 Å². The summed E-state index contributed by atoms with van der Waals surface area (Å²) in [7, 11) is 0. The molecule has 1 aliphatic heterocycles. The molecule has 2 aliphatic rings. The molecule has 2 aromatic rings. The van der Waals surface area contributed by atoms with Gasteiger partial charge in [-0.3, -0.25) is 0 Å². The number of hydrogen-bond donors (Lipinski definition) is 0. The van der Waals surface area contributed by atoms with Crippen LogP contribution in [0.1, 0.15) is 48.1 Å². The van der Waals surface area contributed by atoms with Crippen LogP contribution < -0.4 is 0 Å². The highest BCUT2D eigenvalue weighted by Crippen LogP contribution is 2.54. The average Bonchev–Trinajstić information content (AvgIpc) is 2.96. The Morgan fingerprint density at radius 1 is 1.28 bits per heavy atom. The van der Waals surface area contributed by atoms with Crippen molar-refractivity contribution >= 4 is 0 Å². The molecule has 0 amide bonds. The number of ether oxygens (including phenoxy) is 1. The van der Waals surface area contributed by atoms with E-state index in [1.54, 1.807) is 6.26 Å². The van der Waals surface area contributed by atoms with E-state index in [0.29, 0.717) is 24.4 Å². The highest BCUT2D eigenvalue weighted by atomic mass is 16.5. The molecule has 4 rings (SSSR count). The van der Waals surface area contributed by atoms with Crippen LogP contribution in [0.4, 0.5) is 0 Å². The molecule has 3 heterocycles. The summed E-state index contributed by atoms with van der Waals surface area (Å²) in [5.74, 6) is 3.62. The Balaban J connectivity index is 1.50. The zero-order valence-corrected chi connectivity index (χ0v) is 9.91. The largest absolute Gasteiger partial charge is 0.469 e. The van der Waals surface area contributed by atoms with E-state index in [-0.39, 0.29) is 0 Å². The summed E-state index contributed by atoms with van der Waals surface area (Å²) in [5, 5.41) is 4.08. The Kier molecular flexibility index (Phi) is 2.26. The Bertz CT molecular complexity index is 528. The van der Waals surface area contributed by atoms with Gasteiger partial charge in [0.25, 0.3) is 0 Å². The minimum atomic E-state index is 0.309. The third kappa shape index (κ3) is 1.66. The van der Waals surface area contributed by atoms with E-state index in [9.17, 15) is 0 Å². The van der Waals surface area contributed by atoms with E-state index in [1.807, 2.05) is 12.1 Å². The first-order valence-corrected chi connectivity index (χ1v) is 6.36. The topological polar surface area (TPSA) is 61.3 Å². The van der Waals surface area contributed by atoms with Gasteiger partial charge in [-0.25, -0.2) is 0 Å². The van der Waals surface area contributed by atoms with Gasteiger partial charge in [0.05, 0.1) is 12.9 Å². The Hall–Kier alpha value is -1.62. The van der Waals surface area contributed by atoms with Crippen molar-refractivity contribution in [2.75, 3.05) is 13.2 Å². The third-order valence-electron chi connectivity index (χ3n) is 3.77. The number of aromatic nitrogens is 2. The highest BCUT2D eigenvalue weighted by Gasteiger charge is 2.45. The Labute approximate surface area is 104 Å². The molecule has 94 valence electrons. The van der Waals surface area contributed by atoms with Crippen molar-refractivity contribution in [3.05, 3.63) is 35.9 Å². The maximum absolute atomic E-state index is 5.41. The summed E-state index contributed by atoms with van der Waals surface area (Å²) in [4.78, 5) is 4.51. The lowest BCUT2D eigenvalue weighted by molar-refractivity contribution is 0.192. The van der Waals surface area contributed by atoms with Crippen molar-refractivity contribution in [2.45, 2.75) is 30.6 Å². The van der Waals surface area contributed by atoms with Crippen LogP contribution in [0, 0.1) is 0 Å². The summed E-state index contributed by atoms with van der Waals surface area (Å²) in [6.07, 6.45) is 3.74. The molecule has 0 aromatic carbocycles. The lowest BCUT2D eigenvalue weighted by Gasteiger charge is -1.97. The molecule has 0 N–H and O–H groups in total. The zero-order valence-electron chi connectivity index (χ0n) is 9.91. The molecule has 18 heavy (non-hydrogen) atoms. The van der Waals surface area contributed by atoms with E-state index in [0.717, 1.165) is 36.9 Å². The van der Waals surface area contributed by atoms with Crippen LogP contribution in [0.2, 0.25) is 0 Å². The zero-order chi connectivity index (χ0) is 11.9. The number of nitrogens with zero attached hydrogens (tertiary/aromatic N) is 2. The number of hydrogen-bond acceptors (Lipinski definition) is 5. The smallest absolute Gasteiger partial charge is 0.230 e.